The van der Waals surface area contributed by atoms with Crippen LogP contribution in [0.2, 0.25) is 0 Å². The van der Waals surface area contributed by atoms with Crippen LogP contribution < -0.4 is 5.32 Å². The number of thiophene rings is 1. The van der Waals surface area contributed by atoms with Crippen LogP contribution in [0, 0.1) is 6.92 Å². The van der Waals surface area contributed by atoms with Crippen molar-refractivity contribution in [1.29, 1.82) is 0 Å². The minimum atomic E-state index is -0.861. The largest absolute Gasteiger partial charge is 0.467 e. The van der Waals surface area contributed by atoms with Crippen LogP contribution in [-0.2, 0) is 25.5 Å². The second kappa shape index (κ2) is 9.34. The molecule has 0 saturated heterocycles. The van der Waals surface area contributed by atoms with E-state index in [0.29, 0.717) is 4.88 Å². The first-order valence-electron chi connectivity index (χ1n) is 9.06. The van der Waals surface area contributed by atoms with E-state index in [4.69, 9.17) is 9.47 Å². The zero-order chi connectivity index (χ0) is 20.8. The van der Waals surface area contributed by atoms with Crippen LogP contribution in [0.3, 0.4) is 0 Å². The number of hydrogen-bond acceptors (Lipinski definition) is 6. The highest BCUT2D eigenvalue weighted by Crippen LogP contribution is 2.30. The number of carbonyl (C=O) groups is 3. The van der Waals surface area contributed by atoms with Crippen LogP contribution in [0.1, 0.15) is 20.8 Å². The van der Waals surface area contributed by atoms with Crippen molar-refractivity contribution in [3.63, 3.8) is 0 Å². The predicted octanol–water partition coefficient (Wildman–Crippen LogP) is 3.27. The molecule has 0 fully saturated rings. The van der Waals surface area contributed by atoms with Crippen LogP contribution in [0.25, 0.3) is 10.1 Å². The number of aryl methyl sites for hydroxylation is 1. The molecule has 150 valence electrons. The first-order valence-corrected chi connectivity index (χ1v) is 9.87. The maximum Gasteiger partial charge on any atom is 0.349 e. The number of esters is 2. The number of methoxy groups -OCH3 is 1. The van der Waals surface area contributed by atoms with Gasteiger partial charge in [0.2, 0.25) is 0 Å². The van der Waals surface area contributed by atoms with E-state index < -0.39 is 30.5 Å². The summed E-state index contributed by atoms with van der Waals surface area (Å²) in [6.07, 6.45) is 0.280. The van der Waals surface area contributed by atoms with E-state index in [1.807, 2.05) is 61.5 Å². The molecule has 0 aliphatic heterocycles. The van der Waals surface area contributed by atoms with E-state index >= 15 is 0 Å². The van der Waals surface area contributed by atoms with Gasteiger partial charge >= 0.3 is 11.9 Å². The number of rotatable bonds is 7. The van der Waals surface area contributed by atoms with Gasteiger partial charge in [-0.05, 0) is 29.5 Å². The standard InChI is InChI=1S/C22H21NO5S/c1-14-16-10-6-7-11-18(16)29-20(14)22(26)28-13-19(24)23-17(21(25)27-2)12-15-8-4-3-5-9-15/h3-11,17H,12-13H2,1-2H3,(H,23,24)/t17-/m0/s1. The summed E-state index contributed by atoms with van der Waals surface area (Å²) in [4.78, 5) is 37.2. The Hall–Kier alpha value is -3.19. The van der Waals surface area contributed by atoms with Gasteiger partial charge in [0, 0.05) is 11.1 Å². The zero-order valence-electron chi connectivity index (χ0n) is 16.1. The van der Waals surface area contributed by atoms with Crippen molar-refractivity contribution in [3.8, 4) is 0 Å². The van der Waals surface area contributed by atoms with E-state index in [2.05, 4.69) is 5.32 Å². The Kier molecular flexibility index (Phi) is 6.61. The molecule has 29 heavy (non-hydrogen) atoms. The van der Waals surface area contributed by atoms with Gasteiger partial charge in [-0.1, -0.05) is 48.5 Å². The van der Waals surface area contributed by atoms with E-state index in [1.54, 1.807) is 0 Å². The molecule has 2 aromatic carbocycles. The lowest BCUT2D eigenvalue weighted by atomic mass is 10.1. The number of amides is 1. The third-order valence-electron chi connectivity index (χ3n) is 4.47. The number of nitrogens with one attached hydrogen (secondary N) is 1. The average molecular weight is 411 g/mol. The number of hydrogen-bond donors (Lipinski definition) is 1. The van der Waals surface area contributed by atoms with Gasteiger partial charge in [-0.2, -0.15) is 0 Å². The quantitative estimate of drug-likeness (QED) is 0.604. The van der Waals surface area contributed by atoms with Gasteiger partial charge < -0.3 is 14.8 Å². The lowest BCUT2D eigenvalue weighted by Crippen LogP contribution is -2.44. The maximum atomic E-state index is 12.4. The summed E-state index contributed by atoms with van der Waals surface area (Å²) < 4.78 is 10.9. The second-order valence-corrected chi connectivity index (χ2v) is 7.51. The number of benzene rings is 2. The molecule has 1 heterocycles. The van der Waals surface area contributed by atoms with Crippen molar-refractivity contribution in [2.75, 3.05) is 13.7 Å². The summed E-state index contributed by atoms with van der Waals surface area (Å²) in [6.45, 7) is 1.37. The Labute approximate surface area is 172 Å². The molecule has 0 aliphatic carbocycles. The molecule has 1 atom stereocenters. The molecule has 0 radical (unpaired) electrons. The Morgan fingerprint density at radius 3 is 2.41 bits per heavy atom. The Morgan fingerprint density at radius 2 is 1.72 bits per heavy atom. The monoisotopic (exact) mass is 411 g/mol. The van der Waals surface area contributed by atoms with Crippen molar-refractivity contribution < 1.29 is 23.9 Å². The lowest BCUT2D eigenvalue weighted by Gasteiger charge is -2.16. The summed E-state index contributed by atoms with van der Waals surface area (Å²) in [5, 5.41) is 3.57. The molecule has 0 unspecified atom stereocenters. The summed E-state index contributed by atoms with van der Waals surface area (Å²) in [5.74, 6) is -1.69. The highest BCUT2D eigenvalue weighted by Gasteiger charge is 2.23. The fourth-order valence-corrected chi connectivity index (χ4v) is 4.09. The van der Waals surface area contributed by atoms with Crippen LogP contribution in [-0.4, -0.2) is 37.6 Å². The molecule has 0 saturated carbocycles. The second-order valence-electron chi connectivity index (χ2n) is 6.46. The molecular weight excluding hydrogens is 390 g/mol. The van der Waals surface area contributed by atoms with Crippen molar-refractivity contribution in [1.82, 2.24) is 5.32 Å². The SMILES string of the molecule is COC(=O)[C@H](Cc1ccccc1)NC(=O)COC(=O)c1sc2ccccc2c1C. The molecule has 1 amide bonds. The fourth-order valence-electron chi connectivity index (χ4n) is 2.99. The smallest absolute Gasteiger partial charge is 0.349 e. The van der Waals surface area contributed by atoms with Gasteiger partial charge in [0.25, 0.3) is 5.91 Å². The first-order chi connectivity index (χ1) is 14.0. The van der Waals surface area contributed by atoms with Crippen molar-refractivity contribution in [3.05, 3.63) is 70.6 Å². The molecule has 3 rings (SSSR count). The molecule has 1 aromatic heterocycles. The fraction of sp³-hybridized carbons (Fsp3) is 0.227. The summed E-state index contributed by atoms with van der Waals surface area (Å²) in [7, 11) is 1.26. The van der Waals surface area contributed by atoms with Crippen molar-refractivity contribution >= 4 is 39.3 Å². The van der Waals surface area contributed by atoms with Crippen LogP contribution in [0.15, 0.2) is 54.6 Å². The van der Waals surface area contributed by atoms with Gasteiger partial charge in [0.1, 0.15) is 10.9 Å². The van der Waals surface area contributed by atoms with Crippen LogP contribution >= 0.6 is 11.3 Å². The van der Waals surface area contributed by atoms with E-state index in [1.165, 1.54) is 18.4 Å². The van der Waals surface area contributed by atoms with Gasteiger partial charge in [0.15, 0.2) is 6.61 Å². The molecular formula is C22H21NO5S. The van der Waals surface area contributed by atoms with E-state index in [-0.39, 0.29) is 6.42 Å². The number of fused-ring (bicyclic) bond motifs is 1. The molecule has 1 N–H and O–H groups in total. The van der Waals surface area contributed by atoms with Crippen LogP contribution in [0.5, 0.6) is 0 Å². The Balaban J connectivity index is 1.61. The van der Waals surface area contributed by atoms with Crippen molar-refractivity contribution in [2.45, 2.75) is 19.4 Å². The number of carbonyl (C=O) groups excluding carboxylic acids is 3. The maximum absolute atomic E-state index is 12.4. The minimum Gasteiger partial charge on any atom is -0.467 e. The van der Waals surface area contributed by atoms with Gasteiger partial charge in [-0.25, -0.2) is 9.59 Å². The first kappa shape index (κ1) is 20.5. The lowest BCUT2D eigenvalue weighted by molar-refractivity contribution is -0.145. The van der Waals surface area contributed by atoms with Gasteiger partial charge in [-0.3, -0.25) is 4.79 Å². The molecule has 6 nitrogen and oxygen atoms in total. The Morgan fingerprint density at radius 1 is 1.03 bits per heavy atom. The zero-order valence-corrected chi connectivity index (χ0v) is 17.0. The topological polar surface area (TPSA) is 81.7 Å². The third-order valence-corrected chi connectivity index (χ3v) is 5.72. The van der Waals surface area contributed by atoms with E-state index in [9.17, 15) is 14.4 Å². The molecule has 7 heteroatoms. The molecule has 0 bridgehead atoms. The van der Waals surface area contributed by atoms with E-state index in [0.717, 1.165) is 21.2 Å². The summed E-state index contributed by atoms with van der Waals surface area (Å²) in [6, 6.07) is 16.1. The molecule has 3 aromatic rings. The highest BCUT2D eigenvalue weighted by atomic mass is 32.1. The number of ether oxygens (including phenoxy) is 2. The predicted molar refractivity (Wildman–Crippen MR) is 111 cm³/mol. The third kappa shape index (κ3) is 5.00. The minimum absolute atomic E-state index is 0.280. The van der Waals surface area contributed by atoms with Crippen molar-refractivity contribution in [2.24, 2.45) is 0 Å². The van der Waals surface area contributed by atoms with Crippen LogP contribution in [0.4, 0.5) is 0 Å². The average Bonchev–Trinajstić information content (AvgIpc) is 3.08. The van der Waals surface area contributed by atoms with Gasteiger partial charge in [-0.15, -0.1) is 11.3 Å². The molecule has 0 aliphatic rings. The Bertz CT molecular complexity index is 1030. The van der Waals surface area contributed by atoms with Gasteiger partial charge in [0.05, 0.1) is 7.11 Å². The normalized spacial score (nSPS) is 11.7. The highest BCUT2D eigenvalue weighted by molar-refractivity contribution is 7.21. The summed E-state index contributed by atoms with van der Waals surface area (Å²) in [5.41, 5.74) is 1.70. The summed E-state index contributed by atoms with van der Waals surface area (Å²) >= 11 is 1.33. The molecule has 0 spiro atoms.